The average molecular weight is 315 g/mol. The fraction of sp³-hybridized carbons (Fsp3) is 0.0500. The first kappa shape index (κ1) is 14.3. The zero-order valence-electron chi connectivity index (χ0n) is 13.0. The largest absolute Gasteiger partial charge is 0.508 e. The van der Waals surface area contributed by atoms with Gasteiger partial charge in [0.15, 0.2) is 0 Å². The summed E-state index contributed by atoms with van der Waals surface area (Å²) in [6.07, 6.45) is 3.73. The van der Waals surface area contributed by atoms with Crippen molar-refractivity contribution in [1.82, 2.24) is 9.97 Å². The molecule has 0 aliphatic rings. The predicted molar refractivity (Wildman–Crippen MR) is 96.1 cm³/mol. The van der Waals surface area contributed by atoms with E-state index in [0.29, 0.717) is 0 Å². The SMILES string of the molecule is Oc1ccccc1C(Nc1ccccn1)c1c[nH]c2ccccc12. The number of pyridine rings is 1. The summed E-state index contributed by atoms with van der Waals surface area (Å²) in [6.45, 7) is 0. The smallest absolute Gasteiger partial charge is 0.126 e. The fourth-order valence-electron chi connectivity index (χ4n) is 2.98. The number of hydrogen-bond donors (Lipinski definition) is 3. The number of rotatable bonds is 4. The maximum atomic E-state index is 10.4. The molecule has 0 aliphatic heterocycles. The molecule has 0 amide bonds. The number of aromatic nitrogens is 2. The summed E-state index contributed by atoms with van der Waals surface area (Å²) in [4.78, 5) is 7.66. The van der Waals surface area contributed by atoms with E-state index < -0.39 is 0 Å². The van der Waals surface area contributed by atoms with E-state index in [4.69, 9.17) is 0 Å². The minimum Gasteiger partial charge on any atom is -0.508 e. The zero-order chi connectivity index (χ0) is 16.4. The Bertz CT molecular complexity index is 963. The molecule has 0 radical (unpaired) electrons. The Labute approximate surface area is 139 Å². The molecule has 4 rings (SSSR count). The van der Waals surface area contributed by atoms with Crippen molar-refractivity contribution >= 4 is 16.7 Å². The number of hydrogen-bond acceptors (Lipinski definition) is 3. The van der Waals surface area contributed by atoms with Crippen molar-refractivity contribution in [3.05, 3.63) is 90.3 Å². The van der Waals surface area contributed by atoms with Gasteiger partial charge in [0.25, 0.3) is 0 Å². The number of anilines is 1. The van der Waals surface area contributed by atoms with Crippen LogP contribution < -0.4 is 5.32 Å². The quantitative estimate of drug-likeness (QED) is 0.521. The summed E-state index contributed by atoms with van der Waals surface area (Å²) in [5.74, 6) is 1.02. The van der Waals surface area contributed by atoms with E-state index in [0.717, 1.165) is 27.8 Å². The highest BCUT2D eigenvalue weighted by Crippen LogP contribution is 2.35. The number of phenols is 1. The molecular weight excluding hydrogens is 298 g/mol. The summed E-state index contributed by atoms with van der Waals surface area (Å²) in [6, 6.07) is 21.1. The second-order valence-corrected chi connectivity index (χ2v) is 5.64. The van der Waals surface area contributed by atoms with E-state index in [1.165, 1.54) is 0 Å². The van der Waals surface area contributed by atoms with Crippen LogP contribution in [0.3, 0.4) is 0 Å². The molecule has 0 saturated heterocycles. The first-order chi connectivity index (χ1) is 11.8. The summed E-state index contributed by atoms with van der Waals surface area (Å²) < 4.78 is 0. The molecule has 1 unspecified atom stereocenters. The maximum absolute atomic E-state index is 10.4. The van der Waals surface area contributed by atoms with Crippen LogP contribution in [0.25, 0.3) is 10.9 Å². The lowest BCUT2D eigenvalue weighted by Gasteiger charge is -2.20. The number of aromatic amines is 1. The van der Waals surface area contributed by atoms with Crippen molar-refractivity contribution in [2.24, 2.45) is 0 Å². The molecule has 4 heteroatoms. The molecule has 24 heavy (non-hydrogen) atoms. The number of benzene rings is 2. The molecule has 0 spiro atoms. The van der Waals surface area contributed by atoms with Gasteiger partial charge in [-0.2, -0.15) is 0 Å². The molecule has 0 aliphatic carbocycles. The van der Waals surface area contributed by atoms with Gasteiger partial charge in [0.2, 0.25) is 0 Å². The Morgan fingerprint density at radius 3 is 2.50 bits per heavy atom. The lowest BCUT2D eigenvalue weighted by molar-refractivity contribution is 0.466. The first-order valence-electron chi connectivity index (χ1n) is 7.84. The molecule has 0 saturated carbocycles. The summed E-state index contributed by atoms with van der Waals surface area (Å²) in [5.41, 5.74) is 2.95. The highest BCUT2D eigenvalue weighted by atomic mass is 16.3. The summed E-state index contributed by atoms with van der Waals surface area (Å²) >= 11 is 0. The average Bonchev–Trinajstić information content (AvgIpc) is 3.05. The number of aromatic hydroxyl groups is 1. The maximum Gasteiger partial charge on any atom is 0.126 e. The van der Waals surface area contributed by atoms with Crippen molar-refractivity contribution in [3.63, 3.8) is 0 Å². The predicted octanol–water partition coefficient (Wildman–Crippen LogP) is 4.47. The number of H-pyrrole nitrogens is 1. The fourth-order valence-corrected chi connectivity index (χ4v) is 2.98. The van der Waals surface area contributed by atoms with Crippen LogP contribution in [0.15, 0.2) is 79.1 Å². The molecule has 2 aromatic carbocycles. The number of nitrogens with zero attached hydrogens (tertiary/aromatic N) is 1. The number of para-hydroxylation sites is 2. The molecule has 0 bridgehead atoms. The van der Waals surface area contributed by atoms with Crippen molar-refractivity contribution in [3.8, 4) is 5.75 Å². The molecule has 0 fully saturated rings. The second-order valence-electron chi connectivity index (χ2n) is 5.64. The second kappa shape index (κ2) is 6.08. The molecule has 2 heterocycles. The van der Waals surface area contributed by atoms with Crippen LogP contribution in [0, 0.1) is 0 Å². The van der Waals surface area contributed by atoms with Gasteiger partial charge in [0.1, 0.15) is 11.6 Å². The van der Waals surface area contributed by atoms with E-state index in [1.54, 1.807) is 12.3 Å². The van der Waals surface area contributed by atoms with E-state index in [9.17, 15) is 5.11 Å². The highest BCUT2D eigenvalue weighted by Gasteiger charge is 2.20. The number of phenolic OH excluding ortho intramolecular Hbond substituents is 1. The highest BCUT2D eigenvalue weighted by molar-refractivity contribution is 5.84. The van der Waals surface area contributed by atoms with Gasteiger partial charge in [-0.25, -0.2) is 4.98 Å². The van der Waals surface area contributed by atoms with Crippen LogP contribution in [0.1, 0.15) is 17.2 Å². The van der Waals surface area contributed by atoms with Crippen molar-refractivity contribution in [2.75, 3.05) is 5.32 Å². The third kappa shape index (κ3) is 2.58. The standard InChI is InChI=1S/C20H17N3O/c24-18-10-4-2-8-15(18)20(23-19-11-5-6-12-21-19)16-13-22-17-9-3-1-7-14(16)17/h1-13,20,22,24H,(H,21,23). The Hall–Kier alpha value is -3.27. The van der Waals surface area contributed by atoms with Gasteiger partial charge in [-0.05, 0) is 24.3 Å². The lowest BCUT2D eigenvalue weighted by atomic mass is 9.97. The van der Waals surface area contributed by atoms with Gasteiger partial charge < -0.3 is 15.4 Å². The van der Waals surface area contributed by atoms with E-state index in [-0.39, 0.29) is 11.8 Å². The van der Waals surface area contributed by atoms with Crippen molar-refractivity contribution in [1.29, 1.82) is 0 Å². The van der Waals surface area contributed by atoms with Crippen LogP contribution in [0.4, 0.5) is 5.82 Å². The monoisotopic (exact) mass is 315 g/mol. The Kier molecular flexibility index (Phi) is 3.63. The molecule has 3 N–H and O–H groups in total. The third-order valence-electron chi connectivity index (χ3n) is 4.14. The molecule has 4 nitrogen and oxygen atoms in total. The van der Waals surface area contributed by atoms with E-state index >= 15 is 0 Å². The van der Waals surface area contributed by atoms with Gasteiger partial charge in [0.05, 0.1) is 6.04 Å². The van der Waals surface area contributed by atoms with Gasteiger partial charge in [-0.15, -0.1) is 0 Å². The van der Waals surface area contributed by atoms with Crippen molar-refractivity contribution in [2.45, 2.75) is 6.04 Å². The van der Waals surface area contributed by atoms with Gasteiger partial charge in [-0.1, -0.05) is 42.5 Å². The minimum atomic E-state index is -0.211. The molecule has 118 valence electrons. The van der Waals surface area contributed by atoms with Crippen LogP contribution in [-0.4, -0.2) is 15.1 Å². The van der Waals surface area contributed by atoms with Crippen LogP contribution in [-0.2, 0) is 0 Å². The van der Waals surface area contributed by atoms with Gasteiger partial charge in [-0.3, -0.25) is 0 Å². The van der Waals surface area contributed by atoms with Gasteiger partial charge in [0, 0.05) is 34.4 Å². The van der Waals surface area contributed by atoms with Crippen LogP contribution in [0.2, 0.25) is 0 Å². The first-order valence-corrected chi connectivity index (χ1v) is 7.84. The molecule has 1 atom stereocenters. The molecular formula is C20H17N3O. The van der Waals surface area contributed by atoms with E-state index in [1.807, 2.05) is 60.8 Å². The molecule has 2 aromatic heterocycles. The topological polar surface area (TPSA) is 60.9 Å². The zero-order valence-corrected chi connectivity index (χ0v) is 13.0. The minimum absolute atomic E-state index is 0.211. The Balaban J connectivity index is 1.86. The normalized spacial score (nSPS) is 12.2. The van der Waals surface area contributed by atoms with E-state index in [2.05, 4.69) is 21.4 Å². The van der Waals surface area contributed by atoms with Crippen molar-refractivity contribution < 1.29 is 5.11 Å². The summed E-state index contributed by atoms with van der Waals surface area (Å²) in [5, 5.41) is 14.9. The number of nitrogens with one attached hydrogen (secondary N) is 2. The Morgan fingerprint density at radius 1 is 0.875 bits per heavy atom. The molecule has 4 aromatic rings. The van der Waals surface area contributed by atoms with Crippen LogP contribution in [0.5, 0.6) is 5.75 Å². The third-order valence-corrected chi connectivity index (χ3v) is 4.14. The van der Waals surface area contributed by atoms with Crippen LogP contribution >= 0.6 is 0 Å². The summed E-state index contributed by atoms with van der Waals surface area (Å²) in [7, 11) is 0. The lowest BCUT2D eigenvalue weighted by Crippen LogP contribution is -2.13. The van der Waals surface area contributed by atoms with Gasteiger partial charge >= 0.3 is 0 Å². The number of fused-ring (bicyclic) bond motifs is 1. The Morgan fingerprint density at radius 2 is 1.67 bits per heavy atom.